The number of hydroxylamine groups is 3. The van der Waals surface area contributed by atoms with Crippen LogP contribution in [0.5, 0.6) is 0 Å². The Morgan fingerprint density at radius 3 is 2.85 bits per heavy atom. The highest BCUT2D eigenvalue weighted by molar-refractivity contribution is 7.75. The van der Waals surface area contributed by atoms with E-state index >= 15 is 0 Å². The highest BCUT2D eigenvalue weighted by atomic mass is 32.1. The molecule has 2 bridgehead atoms. The number of rotatable bonds is 6. The molecule has 9 nitrogen and oxygen atoms in total. The van der Waals surface area contributed by atoms with E-state index in [1.54, 1.807) is 0 Å². The van der Waals surface area contributed by atoms with Gasteiger partial charge in [0.05, 0.1) is 12.6 Å². The van der Waals surface area contributed by atoms with E-state index in [1.165, 1.54) is 35.9 Å². The molecule has 146 valence electrons. The second kappa shape index (κ2) is 7.89. The first-order chi connectivity index (χ1) is 12.7. The second-order valence-corrected chi connectivity index (χ2v) is 7.77. The van der Waals surface area contributed by atoms with Crippen molar-refractivity contribution in [1.82, 2.24) is 25.7 Å². The first kappa shape index (κ1) is 18.3. The van der Waals surface area contributed by atoms with Crippen molar-refractivity contribution in [2.24, 2.45) is 0 Å². The number of thiol groups is 1. The number of urea groups is 1. The van der Waals surface area contributed by atoms with Gasteiger partial charge in [0.25, 0.3) is 5.91 Å². The predicted molar refractivity (Wildman–Crippen MR) is 95.9 cm³/mol. The largest absolute Gasteiger partial charge is 0.345 e. The summed E-state index contributed by atoms with van der Waals surface area (Å²) in [5.74, 6) is -0.271. The number of nitrogens with one attached hydrogen (secondary N) is 2. The number of carbonyl (C=O) groups excluding carboxylic acids is 2. The summed E-state index contributed by atoms with van der Waals surface area (Å²) in [7, 11) is 0. The molecule has 26 heavy (non-hydrogen) atoms. The van der Waals surface area contributed by atoms with Crippen LogP contribution in [0.4, 0.5) is 4.79 Å². The van der Waals surface area contributed by atoms with E-state index in [0.717, 1.165) is 13.0 Å². The Bertz CT molecular complexity index is 547. The van der Waals surface area contributed by atoms with Crippen LogP contribution in [0.2, 0.25) is 0 Å². The Kier molecular flexibility index (Phi) is 5.55. The number of hydrogen-bond acceptors (Lipinski definition) is 7. The zero-order chi connectivity index (χ0) is 18.1. The molecule has 2 N–H and O–H groups in total. The van der Waals surface area contributed by atoms with Crippen molar-refractivity contribution in [1.29, 1.82) is 0 Å². The predicted octanol–water partition coefficient (Wildman–Crippen LogP) is -0.0945. The Morgan fingerprint density at radius 1 is 1.27 bits per heavy atom. The van der Waals surface area contributed by atoms with Gasteiger partial charge in [-0.15, -0.1) is 0 Å². The third-order valence-electron chi connectivity index (χ3n) is 6.03. The van der Waals surface area contributed by atoms with Crippen LogP contribution < -0.4 is 10.8 Å². The zero-order valence-corrected chi connectivity index (χ0v) is 15.7. The molecular weight excluding hydrogens is 358 g/mol. The van der Waals surface area contributed by atoms with Crippen LogP contribution in [-0.2, 0) is 13.9 Å². The summed E-state index contributed by atoms with van der Waals surface area (Å²) in [5.41, 5.74) is 2.54. The summed E-state index contributed by atoms with van der Waals surface area (Å²) >= 11 is 3.73. The van der Waals surface area contributed by atoms with Crippen LogP contribution in [0.25, 0.3) is 0 Å². The highest BCUT2D eigenvalue weighted by Crippen LogP contribution is 2.30. The fourth-order valence-electron chi connectivity index (χ4n) is 4.60. The molecule has 0 aliphatic carbocycles. The van der Waals surface area contributed by atoms with Crippen molar-refractivity contribution in [2.45, 2.75) is 56.3 Å². The standard InChI is InChI=1S/C16H27N5O4S/c22-15(14-4-3-12-9-20(14)16(23)21(12)25-26)18-24-10-11-7-13(8-17-11)19-5-1-2-6-19/h11-14,17,26H,1-10H2,(H,18,22)/t11-,12?,13+,14?/m1/s1. The van der Waals surface area contributed by atoms with E-state index < -0.39 is 6.04 Å². The quantitative estimate of drug-likeness (QED) is 0.337. The summed E-state index contributed by atoms with van der Waals surface area (Å²) in [6.45, 7) is 4.28. The molecule has 4 aliphatic heterocycles. The van der Waals surface area contributed by atoms with Crippen LogP contribution in [0.3, 0.4) is 0 Å². The molecule has 0 aromatic rings. The van der Waals surface area contributed by atoms with Crippen LogP contribution >= 0.6 is 12.9 Å². The van der Waals surface area contributed by atoms with Crippen LogP contribution in [0.15, 0.2) is 0 Å². The number of likely N-dealkylation sites (tertiary alicyclic amines) is 1. The maximum atomic E-state index is 12.4. The molecule has 0 spiro atoms. The molecule has 0 radical (unpaired) electrons. The molecular formula is C16H27N5O4S. The van der Waals surface area contributed by atoms with Gasteiger partial charge in [0.2, 0.25) is 0 Å². The fraction of sp³-hybridized carbons (Fsp3) is 0.875. The van der Waals surface area contributed by atoms with E-state index in [9.17, 15) is 9.59 Å². The minimum absolute atomic E-state index is 0.0322. The van der Waals surface area contributed by atoms with Crippen molar-refractivity contribution < 1.29 is 18.7 Å². The maximum absolute atomic E-state index is 12.4. The van der Waals surface area contributed by atoms with Crippen LogP contribution in [0, 0.1) is 0 Å². The van der Waals surface area contributed by atoms with Gasteiger partial charge in [-0.1, -0.05) is 0 Å². The molecule has 4 saturated heterocycles. The SMILES string of the molecule is O=C(NOC[C@H]1C[C@H](N2CCCC2)CN1)C1CCC2CN1C(=O)N2OS. The number of piperidine rings is 1. The summed E-state index contributed by atoms with van der Waals surface area (Å²) in [5, 5.41) is 4.70. The van der Waals surface area contributed by atoms with Crippen molar-refractivity contribution in [3.05, 3.63) is 0 Å². The number of nitrogens with zero attached hydrogens (tertiary/aromatic N) is 3. The summed E-state index contributed by atoms with van der Waals surface area (Å²) in [4.78, 5) is 34.2. The van der Waals surface area contributed by atoms with Gasteiger partial charge in [-0.05, 0) is 45.2 Å². The lowest BCUT2D eigenvalue weighted by Gasteiger charge is -2.29. The average molecular weight is 385 g/mol. The lowest BCUT2D eigenvalue weighted by atomic mass is 10.0. The van der Waals surface area contributed by atoms with Crippen molar-refractivity contribution in [3.8, 4) is 0 Å². The van der Waals surface area contributed by atoms with E-state index in [2.05, 4.69) is 28.6 Å². The molecule has 4 fully saturated rings. The fourth-order valence-corrected chi connectivity index (χ4v) is 4.81. The smallest absolute Gasteiger partial charge is 0.310 e. The van der Waals surface area contributed by atoms with E-state index in [-0.39, 0.29) is 24.0 Å². The molecule has 4 atom stereocenters. The van der Waals surface area contributed by atoms with Gasteiger partial charge in [-0.25, -0.2) is 14.6 Å². The van der Waals surface area contributed by atoms with E-state index in [0.29, 0.717) is 32.0 Å². The third kappa shape index (κ3) is 3.53. The molecule has 4 heterocycles. The minimum atomic E-state index is -0.513. The first-order valence-corrected chi connectivity index (χ1v) is 9.84. The molecule has 3 amide bonds. The highest BCUT2D eigenvalue weighted by Gasteiger charge is 2.48. The third-order valence-corrected chi connectivity index (χ3v) is 6.20. The molecule has 4 rings (SSSR count). The van der Waals surface area contributed by atoms with E-state index in [1.807, 2.05) is 0 Å². The first-order valence-electron chi connectivity index (χ1n) is 9.48. The van der Waals surface area contributed by atoms with Gasteiger partial charge >= 0.3 is 6.03 Å². The Labute approximate surface area is 158 Å². The van der Waals surface area contributed by atoms with Crippen molar-refractivity contribution >= 4 is 24.8 Å². The Balaban J connectivity index is 1.21. The molecule has 0 saturated carbocycles. The molecule has 2 unspecified atom stereocenters. The zero-order valence-electron chi connectivity index (χ0n) is 14.8. The summed E-state index contributed by atoms with van der Waals surface area (Å²) in [6, 6.07) is -0.0329. The van der Waals surface area contributed by atoms with Gasteiger partial charge in [0.15, 0.2) is 0 Å². The maximum Gasteiger partial charge on any atom is 0.345 e. The van der Waals surface area contributed by atoms with E-state index in [4.69, 9.17) is 9.12 Å². The number of hydrogen-bond donors (Lipinski definition) is 3. The number of carbonyl (C=O) groups is 2. The normalized spacial score (nSPS) is 34.7. The molecule has 0 aromatic heterocycles. The van der Waals surface area contributed by atoms with Crippen molar-refractivity contribution in [3.63, 3.8) is 0 Å². The molecule has 0 aromatic carbocycles. The second-order valence-electron chi connectivity index (χ2n) is 7.60. The Morgan fingerprint density at radius 2 is 2.08 bits per heavy atom. The van der Waals surface area contributed by atoms with Crippen LogP contribution in [-0.4, -0.2) is 83.8 Å². The topological polar surface area (TPSA) is 86.4 Å². The van der Waals surface area contributed by atoms with Crippen LogP contribution in [0.1, 0.15) is 32.1 Å². The summed E-state index contributed by atoms with van der Waals surface area (Å²) < 4.78 is 4.83. The van der Waals surface area contributed by atoms with Gasteiger partial charge in [-0.2, -0.15) is 5.06 Å². The van der Waals surface area contributed by atoms with Gasteiger partial charge in [-0.3, -0.25) is 14.5 Å². The average Bonchev–Trinajstić information content (AvgIpc) is 3.37. The number of amides is 3. The molecule has 4 aliphatic rings. The minimum Gasteiger partial charge on any atom is -0.310 e. The van der Waals surface area contributed by atoms with Gasteiger partial charge < -0.3 is 10.2 Å². The van der Waals surface area contributed by atoms with Gasteiger partial charge in [0, 0.05) is 38.1 Å². The lowest BCUT2D eigenvalue weighted by Crippen LogP contribution is -2.50. The number of fused-ring (bicyclic) bond motifs is 2. The van der Waals surface area contributed by atoms with Gasteiger partial charge in [0.1, 0.15) is 6.04 Å². The molecule has 10 heteroatoms. The summed E-state index contributed by atoms with van der Waals surface area (Å²) in [6.07, 6.45) is 4.93. The Hall–Kier alpha value is -1.07. The van der Waals surface area contributed by atoms with Crippen molar-refractivity contribution in [2.75, 3.05) is 32.8 Å². The monoisotopic (exact) mass is 385 g/mol. The lowest BCUT2D eigenvalue weighted by molar-refractivity contribution is -0.139.